The van der Waals surface area contributed by atoms with Crippen LogP contribution in [0.4, 0.5) is 0 Å². The van der Waals surface area contributed by atoms with E-state index in [1.54, 1.807) is 6.07 Å². The SMILES string of the molecule is Cc1ccccc1-c1nc(C(=O)NCc2ccccc2)c(O)c(=O)[nH]1. The molecule has 0 aliphatic rings. The van der Waals surface area contributed by atoms with E-state index in [9.17, 15) is 14.7 Å². The summed E-state index contributed by atoms with van der Waals surface area (Å²) in [5, 5.41) is 12.6. The topological polar surface area (TPSA) is 95.1 Å². The first kappa shape index (κ1) is 16.4. The Labute approximate surface area is 144 Å². The number of rotatable bonds is 4. The molecule has 3 rings (SSSR count). The van der Waals surface area contributed by atoms with Gasteiger partial charge in [-0.3, -0.25) is 9.59 Å². The van der Waals surface area contributed by atoms with Crippen LogP contribution in [0, 0.1) is 6.92 Å². The number of carbonyl (C=O) groups excluding carboxylic acids is 1. The first-order valence-corrected chi connectivity index (χ1v) is 7.77. The number of carbonyl (C=O) groups is 1. The van der Waals surface area contributed by atoms with Crippen LogP contribution in [-0.2, 0) is 6.54 Å². The number of benzene rings is 2. The van der Waals surface area contributed by atoms with Crippen molar-refractivity contribution in [2.75, 3.05) is 0 Å². The molecule has 0 radical (unpaired) electrons. The lowest BCUT2D eigenvalue weighted by molar-refractivity contribution is 0.0942. The second kappa shape index (κ2) is 7.00. The first-order valence-electron chi connectivity index (χ1n) is 7.77. The Bertz CT molecular complexity index is 965. The van der Waals surface area contributed by atoms with Crippen molar-refractivity contribution in [3.63, 3.8) is 0 Å². The third-order valence-corrected chi connectivity index (χ3v) is 3.81. The number of nitrogens with zero attached hydrogens (tertiary/aromatic N) is 1. The number of aromatic hydroxyl groups is 1. The fraction of sp³-hybridized carbons (Fsp3) is 0.105. The Kier molecular flexibility index (Phi) is 4.61. The summed E-state index contributed by atoms with van der Waals surface area (Å²) in [5.74, 6) is -1.06. The maximum absolute atomic E-state index is 12.4. The predicted octanol–water partition coefficient (Wildman–Crippen LogP) is 2.38. The molecule has 25 heavy (non-hydrogen) atoms. The zero-order chi connectivity index (χ0) is 17.8. The van der Waals surface area contributed by atoms with Crippen molar-refractivity contribution in [2.24, 2.45) is 0 Å². The van der Waals surface area contributed by atoms with Gasteiger partial charge in [-0.2, -0.15) is 0 Å². The van der Waals surface area contributed by atoms with Gasteiger partial charge in [-0.15, -0.1) is 0 Å². The van der Waals surface area contributed by atoms with E-state index in [2.05, 4.69) is 15.3 Å². The molecule has 0 aliphatic carbocycles. The number of H-pyrrole nitrogens is 1. The second-order valence-corrected chi connectivity index (χ2v) is 5.59. The molecule has 2 aromatic carbocycles. The summed E-state index contributed by atoms with van der Waals surface area (Å²) >= 11 is 0. The Morgan fingerprint density at radius 1 is 1.12 bits per heavy atom. The lowest BCUT2D eigenvalue weighted by atomic mass is 10.1. The molecular formula is C19H17N3O3. The maximum Gasteiger partial charge on any atom is 0.294 e. The van der Waals surface area contributed by atoms with Crippen LogP contribution in [-0.4, -0.2) is 21.0 Å². The monoisotopic (exact) mass is 335 g/mol. The Morgan fingerprint density at radius 3 is 2.52 bits per heavy atom. The Hall–Kier alpha value is -3.41. The summed E-state index contributed by atoms with van der Waals surface area (Å²) in [6.45, 7) is 2.14. The predicted molar refractivity (Wildman–Crippen MR) is 94.3 cm³/mol. The third kappa shape index (κ3) is 3.58. The fourth-order valence-electron chi connectivity index (χ4n) is 2.45. The molecule has 1 heterocycles. The molecule has 6 nitrogen and oxygen atoms in total. The Morgan fingerprint density at radius 2 is 1.80 bits per heavy atom. The highest BCUT2D eigenvalue weighted by Crippen LogP contribution is 2.20. The zero-order valence-electron chi connectivity index (χ0n) is 13.6. The first-order chi connectivity index (χ1) is 12.1. The smallest absolute Gasteiger partial charge is 0.294 e. The van der Waals surface area contributed by atoms with Gasteiger partial charge in [0, 0.05) is 12.1 Å². The largest absolute Gasteiger partial charge is 0.501 e. The van der Waals surface area contributed by atoms with Gasteiger partial charge in [0.05, 0.1) is 0 Å². The lowest BCUT2D eigenvalue weighted by Crippen LogP contribution is -2.26. The molecule has 126 valence electrons. The number of aryl methyl sites for hydroxylation is 1. The molecule has 3 N–H and O–H groups in total. The van der Waals surface area contributed by atoms with E-state index in [1.807, 2.05) is 55.5 Å². The van der Waals surface area contributed by atoms with Crippen molar-refractivity contribution >= 4 is 5.91 Å². The summed E-state index contributed by atoms with van der Waals surface area (Å²) < 4.78 is 0. The van der Waals surface area contributed by atoms with Crippen LogP contribution in [0.1, 0.15) is 21.6 Å². The molecule has 0 bridgehead atoms. The quantitative estimate of drug-likeness (QED) is 0.682. The van der Waals surface area contributed by atoms with Gasteiger partial charge in [-0.1, -0.05) is 54.6 Å². The van der Waals surface area contributed by atoms with Crippen molar-refractivity contribution in [3.05, 3.63) is 81.8 Å². The van der Waals surface area contributed by atoms with Gasteiger partial charge < -0.3 is 15.4 Å². The van der Waals surface area contributed by atoms with Crippen LogP contribution < -0.4 is 10.9 Å². The van der Waals surface area contributed by atoms with Crippen molar-refractivity contribution in [1.29, 1.82) is 0 Å². The van der Waals surface area contributed by atoms with Gasteiger partial charge in [-0.05, 0) is 18.1 Å². The van der Waals surface area contributed by atoms with E-state index >= 15 is 0 Å². The van der Waals surface area contributed by atoms with Crippen molar-refractivity contribution < 1.29 is 9.90 Å². The lowest BCUT2D eigenvalue weighted by Gasteiger charge is -2.09. The van der Waals surface area contributed by atoms with Crippen LogP contribution in [0.25, 0.3) is 11.4 Å². The molecular weight excluding hydrogens is 318 g/mol. The second-order valence-electron chi connectivity index (χ2n) is 5.59. The van der Waals surface area contributed by atoms with Gasteiger partial charge in [0.15, 0.2) is 5.69 Å². The fourth-order valence-corrected chi connectivity index (χ4v) is 2.45. The minimum atomic E-state index is -0.752. The van der Waals surface area contributed by atoms with E-state index in [0.717, 1.165) is 11.1 Å². The van der Waals surface area contributed by atoms with Crippen molar-refractivity contribution in [2.45, 2.75) is 13.5 Å². The van der Waals surface area contributed by atoms with Gasteiger partial charge in [-0.25, -0.2) is 4.98 Å². The molecule has 3 aromatic rings. The zero-order valence-corrected chi connectivity index (χ0v) is 13.6. The van der Waals surface area contributed by atoms with Gasteiger partial charge in [0.25, 0.3) is 11.5 Å². The van der Waals surface area contributed by atoms with Gasteiger partial charge in [0.1, 0.15) is 5.82 Å². The highest BCUT2D eigenvalue weighted by molar-refractivity contribution is 5.95. The van der Waals surface area contributed by atoms with Crippen LogP contribution >= 0.6 is 0 Å². The molecule has 0 atom stereocenters. The van der Waals surface area contributed by atoms with E-state index in [-0.39, 0.29) is 18.1 Å². The van der Waals surface area contributed by atoms with E-state index < -0.39 is 17.2 Å². The molecule has 0 unspecified atom stereocenters. The molecule has 0 aliphatic heterocycles. The summed E-state index contributed by atoms with van der Waals surface area (Å²) in [4.78, 5) is 31.0. The molecule has 0 fully saturated rings. The number of aromatic nitrogens is 2. The van der Waals surface area contributed by atoms with Gasteiger partial charge in [0.2, 0.25) is 5.75 Å². The van der Waals surface area contributed by atoms with Crippen molar-refractivity contribution in [3.8, 4) is 17.1 Å². The number of amides is 1. The molecule has 6 heteroatoms. The summed E-state index contributed by atoms with van der Waals surface area (Å²) in [6.07, 6.45) is 0. The van der Waals surface area contributed by atoms with Gasteiger partial charge >= 0.3 is 0 Å². The van der Waals surface area contributed by atoms with Crippen LogP contribution in [0.15, 0.2) is 59.4 Å². The summed E-state index contributed by atoms with van der Waals surface area (Å²) in [7, 11) is 0. The number of aromatic amines is 1. The standard InChI is InChI=1S/C19H17N3O3/c1-12-7-5-6-10-14(12)17-21-15(16(23)19(25)22-17)18(24)20-11-13-8-3-2-4-9-13/h2-10,23H,11H2,1H3,(H,20,24)(H,21,22,25). The van der Waals surface area contributed by atoms with Crippen LogP contribution in [0.3, 0.4) is 0 Å². The number of nitrogens with one attached hydrogen (secondary N) is 2. The molecule has 1 aromatic heterocycles. The normalized spacial score (nSPS) is 10.4. The summed E-state index contributed by atoms with van der Waals surface area (Å²) in [5.41, 5.74) is 1.44. The highest BCUT2D eigenvalue weighted by atomic mass is 16.3. The minimum absolute atomic E-state index is 0.241. The van der Waals surface area contributed by atoms with E-state index in [0.29, 0.717) is 5.56 Å². The molecule has 0 saturated heterocycles. The van der Waals surface area contributed by atoms with Crippen molar-refractivity contribution in [1.82, 2.24) is 15.3 Å². The van der Waals surface area contributed by atoms with E-state index in [1.165, 1.54) is 0 Å². The average molecular weight is 335 g/mol. The highest BCUT2D eigenvalue weighted by Gasteiger charge is 2.18. The average Bonchev–Trinajstić information content (AvgIpc) is 2.63. The molecule has 1 amide bonds. The maximum atomic E-state index is 12.4. The summed E-state index contributed by atoms with van der Waals surface area (Å²) in [6, 6.07) is 16.7. The number of hydrogen-bond acceptors (Lipinski definition) is 4. The molecule has 0 saturated carbocycles. The van der Waals surface area contributed by atoms with E-state index in [4.69, 9.17) is 0 Å². The number of hydrogen-bond donors (Lipinski definition) is 3. The minimum Gasteiger partial charge on any atom is -0.501 e. The third-order valence-electron chi connectivity index (χ3n) is 3.81. The van der Waals surface area contributed by atoms with Crippen LogP contribution in [0.5, 0.6) is 5.75 Å². The Balaban J connectivity index is 1.92. The van der Waals surface area contributed by atoms with Crippen LogP contribution in [0.2, 0.25) is 0 Å². The molecule has 0 spiro atoms.